The van der Waals surface area contributed by atoms with Crippen molar-refractivity contribution in [1.29, 1.82) is 0 Å². The Morgan fingerprint density at radius 2 is 1.61 bits per heavy atom. The van der Waals surface area contributed by atoms with Crippen molar-refractivity contribution in [2.75, 3.05) is 5.32 Å². The van der Waals surface area contributed by atoms with Crippen molar-refractivity contribution >= 4 is 23.2 Å². The number of hydrogen-bond acceptors (Lipinski definition) is 6. The van der Waals surface area contributed by atoms with E-state index in [1.807, 2.05) is 24.3 Å². The predicted molar refractivity (Wildman–Crippen MR) is 120 cm³/mol. The number of halogens is 1. The van der Waals surface area contributed by atoms with Gasteiger partial charge in [0.05, 0.1) is 17.0 Å². The summed E-state index contributed by atoms with van der Waals surface area (Å²) in [6, 6.07) is 19.2. The molecule has 3 aromatic carbocycles. The van der Waals surface area contributed by atoms with Gasteiger partial charge < -0.3 is 5.32 Å². The van der Waals surface area contributed by atoms with E-state index in [0.717, 1.165) is 11.3 Å². The quantitative estimate of drug-likeness (QED) is 0.351. The van der Waals surface area contributed by atoms with Crippen LogP contribution in [0.2, 0.25) is 0 Å². The third kappa shape index (κ3) is 5.13. The largest absolute Gasteiger partial charge is 0.322 e. The van der Waals surface area contributed by atoms with Crippen molar-refractivity contribution in [3.63, 3.8) is 0 Å². The summed E-state index contributed by atoms with van der Waals surface area (Å²) in [7, 11) is 0. The Labute approximate surface area is 187 Å². The van der Waals surface area contributed by atoms with Crippen LogP contribution in [0.15, 0.2) is 84.2 Å². The van der Waals surface area contributed by atoms with Crippen LogP contribution in [-0.4, -0.2) is 37.7 Å². The van der Waals surface area contributed by atoms with Crippen LogP contribution in [0.3, 0.4) is 0 Å². The average Bonchev–Trinajstić information content (AvgIpc) is 3.38. The Morgan fingerprint density at radius 1 is 0.909 bits per heavy atom. The Bertz CT molecular complexity index is 1300. The molecular formula is C23H18FN7O2. The van der Waals surface area contributed by atoms with Crippen molar-refractivity contribution in [2.24, 2.45) is 5.10 Å². The van der Waals surface area contributed by atoms with E-state index in [1.54, 1.807) is 25.1 Å². The summed E-state index contributed by atoms with van der Waals surface area (Å²) in [5.41, 5.74) is 5.45. The topological polar surface area (TPSA) is 114 Å². The molecule has 4 aromatic rings. The summed E-state index contributed by atoms with van der Waals surface area (Å²) in [4.78, 5) is 24.6. The van der Waals surface area contributed by atoms with Gasteiger partial charge in [0.2, 0.25) is 0 Å². The molecule has 0 saturated heterocycles. The Morgan fingerprint density at radius 3 is 2.27 bits per heavy atom. The first-order chi connectivity index (χ1) is 16.0. The zero-order valence-corrected chi connectivity index (χ0v) is 17.4. The highest BCUT2D eigenvalue weighted by Gasteiger charge is 2.12. The van der Waals surface area contributed by atoms with Crippen molar-refractivity contribution in [2.45, 2.75) is 6.92 Å². The summed E-state index contributed by atoms with van der Waals surface area (Å²) >= 11 is 0. The molecule has 0 aliphatic carbocycles. The normalized spacial score (nSPS) is 11.2. The maximum Gasteiger partial charge on any atom is 0.271 e. The molecule has 33 heavy (non-hydrogen) atoms. The minimum absolute atomic E-state index is 0.0601. The van der Waals surface area contributed by atoms with Gasteiger partial charge in [0, 0.05) is 11.3 Å². The first-order valence-electron chi connectivity index (χ1n) is 9.85. The van der Waals surface area contributed by atoms with Crippen molar-refractivity contribution < 1.29 is 14.0 Å². The highest BCUT2D eigenvalue weighted by Crippen LogP contribution is 2.14. The lowest BCUT2D eigenvalue weighted by Crippen LogP contribution is -2.19. The van der Waals surface area contributed by atoms with Crippen LogP contribution in [0, 0.1) is 5.82 Å². The first-order valence-corrected chi connectivity index (χ1v) is 9.85. The second-order valence-electron chi connectivity index (χ2n) is 6.95. The zero-order valence-electron chi connectivity index (χ0n) is 17.4. The number of carbonyl (C=O) groups excluding carboxylic acids is 2. The van der Waals surface area contributed by atoms with Crippen LogP contribution < -0.4 is 10.7 Å². The third-order valence-corrected chi connectivity index (χ3v) is 4.75. The van der Waals surface area contributed by atoms with Crippen LogP contribution in [0.5, 0.6) is 0 Å². The molecular weight excluding hydrogens is 425 g/mol. The van der Waals surface area contributed by atoms with Crippen molar-refractivity contribution in [3.05, 3.63) is 102 Å². The lowest BCUT2D eigenvalue weighted by Gasteiger charge is -2.07. The summed E-state index contributed by atoms with van der Waals surface area (Å²) in [6.45, 7) is 1.77. The number of anilines is 1. The first kappa shape index (κ1) is 21.5. The lowest BCUT2D eigenvalue weighted by atomic mass is 10.1. The molecule has 0 fully saturated rings. The molecule has 9 nitrogen and oxygen atoms in total. The van der Waals surface area contributed by atoms with Crippen molar-refractivity contribution in [1.82, 2.24) is 25.6 Å². The van der Waals surface area contributed by atoms with E-state index in [0.29, 0.717) is 17.0 Å². The number of nitrogens with zero attached hydrogens (tertiary/aromatic N) is 5. The van der Waals surface area contributed by atoms with Gasteiger partial charge in [-0.1, -0.05) is 24.3 Å². The highest BCUT2D eigenvalue weighted by molar-refractivity contribution is 6.05. The molecule has 0 bridgehead atoms. The molecule has 164 valence electrons. The maximum atomic E-state index is 13.7. The predicted octanol–water partition coefficient (Wildman–Crippen LogP) is 3.21. The van der Waals surface area contributed by atoms with Gasteiger partial charge in [0.25, 0.3) is 11.8 Å². The van der Waals surface area contributed by atoms with Crippen LogP contribution in [-0.2, 0) is 0 Å². The Balaban J connectivity index is 1.37. The standard InChI is InChI=1S/C23H18FN7O2/c1-15(16-8-12-19(13-9-16)31-14-25-29-30-31)27-28-22(32)17-6-10-18(11-7-17)26-23(33)20-4-2-3-5-21(20)24/h2-14H,1H3,(H,26,33)(H,28,32)/b27-15+. The zero-order chi connectivity index (χ0) is 23.2. The van der Waals surface area contributed by atoms with E-state index in [1.165, 1.54) is 41.3 Å². The third-order valence-electron chi connectivity index (χ3n) is 4.75. The maximum absolute atomic E-state index is 13.7. The molecule has 2 amide bonds. The molecule has 0 aliphatic rings. The second-order valence-corrected chi connectivity index (χ2v) is 6.95. The van der Waals surface area contributed by atoms with E-state index >= 15 is 0 Å². The van der Waals surface area contributed by atoms with Crippen LogP contribution in [0.25, 0.3) is 5.69 Å². The number of hydrogen-bond donors (Lipinski definition) is 2. The van der Waals surface area contributed by atoms with Gasteiger partial charge in [-0.3, -0.25) is 9.59 Å². The average molecular weight is 443 g/mol. The van der Waals surface area contributed by atoms with E-state index in [-0.39, 0.29) is 5.56 Å². The van der Waals surface area contributed by atoms with Gasteiger partial charge in [-0.2, -0.15) is 5.10 Å². The number of aromatic nitrogens is 4. The van der Waals surface area contributed by atoms with Gasteiger partial charge in [0.15, 0.2) is 0 Å². The molecule has 10 heteroatoms. The summed E-state index contributed by atoms with van der Waals surface area (Å²) < 4.78 is 15.3. The number of rotatable bonds is 6. The molecule has 1 aromatic heterocycles. The molecule has 0 aliphatic heterocycles. The van der Waals surface area contributed by atoms with Crippen LogP contribution >= 0.6 is 0 Å². The van der Waals surface area contributed by atoms with Gasteiger partial charge in [-0.25, -0.2) is 14.5 Å². The smallest absolute Gasteiger partial charge is 0.271 e. The molecule has 0 spiro atoms. The minimum atomic E-state index is -0.607. The number of hydrazone groups is 1. The van der Waals surface area contributed by atoms with E-state index < -0.39 is 17.6 Å². The van der Waals surface area contributed by atoms with Crippen LogP contribution in [0.4, 0.5) is 10.1 Å². The number of tetrazole rings is 1. The molecule has 1 heterocycles. The summed E-state index contributed by atoms with van der Waals surface area (Å²) in [5, 5.41) is 17.8. The SMILES string of the molecule is C/C(=N\NC(=O)c1ccc(NC(=O)c2ccccc2F)cc1)c1ccc(-n2cnnn2)cc1. The van der Waals surface area contributed by atoms with E-state index in [4.69, 9.17) is 0 Å². The fourth-order valence-corrected chi connectivity index (χ4v) is 2.95. The fourth-order valence-electron chi connectivity index (χ4n) is 2.95. The number of benzene rings is 3. The summed E-state index contributed by atoms with van der Waals surface area (Å²) in [5.74, 6) is -1.59. The number of amides is 2. The van der Waals surface area contributed by atoms with Gasteiger partial charge in [-0.15, -0.1) is 5.10 Å². The molecule has 2 N–H and O–H groups in total. The monoisotopic (exact) mass is 443 g/mol. The summed E-state index contributed by atoms with van der Waals surface area (Å²) in [6.07, 6.45) is 1.49. The molecule has 0 atom stereocenters. The Hall–Kier alpha value is -4.73. The van der Waals surface area contributed by atoms with Crippen molar-refractivity contribution in [3.8, 4) is 5.69 Å². The van der Waals surface area contributed by atoms with E-state index in [2.05, 4.69) is 31.4 Å². The van der Waals surface area contributed by atoms with Gasteiger partial charge in [-0.05, 0) is 71.4 Å². The minimum Gasteiger partial charge on any atom is -0.322 e. The number of nitrogens with one attached hydrogen (secondary N) is 2. The van der Waals surface area contributed by atoms with E-state index in [9.17, 15) is 14.0 Å². The van der Waals surface area contributed by atoms with Gasteiger partial charge >= 0.3 is 0 Å². The molecule has 0 saturated carbocycles. The fraction of sp³-hybridized carbons (Fsp3) is 0.0435. The highest BCUT2D eigenvalue weighted by atomic mass is 19.1. The molecule has 0 radical (unpaired) electrons. The molecule has 0 unspecified atom stereocenters. The van der Waals surface area contributed by atoms with Crippen LogP contribution in [0.1, 0.15) is 33.2 Å². The molecule has 4 rings (SSSR count). The Kier molecular flexibility index (Phi) is 6.26. The number of carbonyl (C=O) groups is 2. The lowest BCUT2D eigenvalue weighted by molar-refractivity contribution is 0.0954. The van der Waals surface area contributed by atoms with Gasteiger partial charge in [0.1, 0.15) is 12.1 Å². The second kappa shape index (κ2) is 9.60.